The van der Waals surface area contributed by atoms with Gasteiger partial charge in [0.25, 0.3) is 0 Å². The van der Waals surface area contributed by atoms with Gasteiger partial charge in [-0.2, -0.15) is 9.61 Å². The van der Waals surface area contributed by atoms with E-state index in [1.807, 2.05) is 53.0 Å². The Hall–Kier alpha value is -2.66. The van der Waals surface area contributed by atoms with Crippen molar-refractivity contribution in [2.75, 3.05) is 0 Å². The Morgan fingerprint density at radius 3 is 2.30 bits per heavy atom. The number of nitrogens with zero attached hydrogens (tertiary/aromatic N) is 4. The molecule has 0 amide bonds. The molecule has 0 aliphatic carbocycles. The van der Waals surface area contributed by atoms with Gasteiger partial charge in [-0.3, -0.25) is 0 Å². The standard InChI is InChI=1S/C18H14N4S/c1-3-7-14(8-4-1)13-23-18-20-19-17-12-11-16(21-22(17)18)15-9-5-2-6-10-15/h1-12H,13H2. The maximum atomic E-state index is 4.69. The van der Waals surface area contributed by atoms with E-state index in [4.69, 9.17) is 0 Å². The molecule has 4 nitrogen and oxygen atoms in total. The summed E-state index contributed by atoms with van der Waals surface area (Å²) in [7, 11) is 0. The molecule has 0 saturated carbocycles. The van der Waals surface area contributed by atoms with Crippen LogP contribution >= 0.6 is 11.8 Å². The first-order chi connectivity index (χ1) is 11.4. The van der Waals surface area contributed by atoms with Crippen molar-refractivity contribution < 1.29 is 0 Å². The molecule has 4 rings (SSSR count). The van der Waals surface area contributed by atoms with E-state index < -0.39 is 0 Å². The highest BCUT2D eigenvalue weighted by atomic mass is 32.2. The lowest BCUT2D eigenvalue weighted by atomic mass is 10.1. The largest absolute Gasteiger partial charge is 0.212 e. The first-order valence-corrected chi connectivity index (χ1v) is 8.33. The van der Waals surface area contributed by atoms with Crippen molar-refractivity contribution in [3.63, 3.8) is 0 Å². The van der Waals surface area contributed by atoms with Crippen LogP contribution in [0.15, 0.2) is 78.0 Å². The highest BCUT2D eigenvalue weighted by Crippen LogP contribution is 2.23. The Morgan fingerprint density at radius 2 is 1.52 bits per heavy atom. The van der Waals surface area contributed by atoms with Crippen molar-refractivity contribution >= 4 is 17.4 Å². The summed E-state index contributed by atoms with van der Waals surface area (Å²) in [6, 6.07) is 24.4. The molecule has 0 unspecified atom stereocenters. The molecule has 0 aliphatic rings. The zero-order chi connectivity index (χ0) is 15.5. The zero-order valence-electron chi connectivity index (χ0n) is 12.3. The number of aromatic nitrogens is 4. The first-order valence-electron chi connectivity index (χ1n) is 7.35. The van der Waals surface area contributed by atoms with E-state index in [2.05, 4.69) is 39.6 Å². The van der Waals surface area contributed by atoms with Crippen LogP contribution in [0.5, 0.6) is 0 Å². The lowest BCUT2D eigenvalue weighted by Crippen LogP contribution is -1.96. The lowest BCUT2D eigenvalue weighted by molar-refractivity contribution is 0.813. The Bertz CT molecular complexity index is 920. The van der Waals surface area contributed by atoms with Crippen LogP contribution in [0.1, 0.15) is 5.56 Å². The van der Waals surface area contributed by atoms with E-state index in [9.17, 15) is 0 Å². The fraction of sp³-hybridized carbons (Fsp3) is 0.0556. The van der Waals surface area contributed by atoms with Gasteiger partial charge in [0.05, 0.1) is 5.69 Å². The quantitative estimate of drug-likeness (QED) is 0.532. The Kier molecular flexibility index (Phi) is 3.78. The van der Waals surface area contributed by atoms with E-state index >= 15 is 0 Å². The fourth-order valence-electron chi connectivity index (χ4n) is 2.34. The van der Waals surface area contributed by atoms with E-state index in [-0.39, 0.29) is 0 Å². The van der Waals surface area contributed by atoms with E-state index in [0.29, 0.717) is 0 Å². The van der Waals surface area contributed by atoms with Crippen molar-refractivity contribution in [1.82, 2.24) is 19.8 Å². The third kappa shape index (κ3) is 2.96. The predicted molar refractivity (Wildman–Crippen MR) is 92.2 cm³/mol. The Morgan fingerprint density at radius 1 is 0.783 bits per heavy atom. The molecule has 0 radical (unpaired) electrons. The van der Waals surface area contributed by atoms with Crippen molar-refractivity contribution in [2.24, 2.45) is 0 Å². The maximum Gasteiger partial charge on any atom is 0.212 e. The minimum Gasteiger partial charge on any atom is -0.187 e. The number of hydrogen-bond donors (Lipinski definition) is 0. The van der Waals surface area contributed by atoms with Gasteiger partial charge in [-0.05, 0) is 17.7 Å². The maximum absolute atomic E-state index is 4.69. The minimum atomic E-state index is 0.764. The number of hydrogen-bond acceptors (Lipinski definition) is 4. The molecule has 0 atom stereocenters. The number of benzene rings is 2. The molecule has 112 valence electrons. The summed E-state index contributed by atoms with van der Waals surface area (Å²) in [5.74, 6) is 0.846. The number of fused-ring (bicyclic) bond motifs is 1. The van der Waals surface area contributed by atoms with Gasteiger partial charge in [0.1, 0.15) is 0 Å². The molecule has 0 spiro atoms. The van der Waals surface area contributed by atoms with Crippen molar-refractivity contribution in [3.05, 3.63) is 78.4 Å². The van der Waals surface area contributed by atoms with E-state index in [1.165, 1.54) is 5.56 Å². The van der Waals surface area contributed by atoms with Crippen LogP contribution in [0.2, 0.25) is 0 Å². The van der Waals surface area contributed by atoms with Crippen molar-refractivity contribution in [2.45, 2.75) is 10.9 Å². The average Bonchev–Trinajstić information content (AvgIpc) is 3.04. The molecular formula is C18H14N4S. The highest BCUT2D eigenvalue weighted by molar-refractivity contribution is 7.98. The molecule has 5 heteroatoms. The van der Waals surface area contributed by atoms with Gasteiger partial charge in [-0.1, -0.05) is 72.4 Å². The topological polar surface area (TPSA) is 43.1 Å². The Labute approximate surface area is 138 Å². The van der Waals surface area contributed by atoms with Crippen LogP contribution in [0.4, 0.5) is 0 Å². The third-order valence-electron chi connectivity index (χ3n) is 3.51. The summed E-state index contributed by atoms with van der Waals surface area (Å²) < 4.78 is 1.82. The monoisotopic (exact) mass is 318 g/mol. The second-order valence-electron chi connectivity index (χ2n) is 5.11. The van der Waals surface area contributed by atoms with Gasteiger partial charge in [0.2, 0.25) is 5.16 Å². The van der Waals surface area contributed by atoms with Gasteiger partial charge in [-0.25, -0.2) is 0 Å². The molecule has 2 aromatic carbocycles. The molecule has 0 fully saturated rings. The summed E-state index contributed by atoms with van der Waals surface area (Å²) in [6.45, 7) is 0. The van der Waals surface area contributed by atoms with Gasteiger partial charge < -0.3 is 0 Å². The molecule has 0 saturated heterocycles. The number of thioether (sulfide) groups is 1. The van der Waals surface area contributed by atoms with Crippen LogP contribution in [-0.4, -0.2) is 19.8 Å². The minimum absolute atomic E-state index is 0.764. The third-order valence-corrected chi connectivity index (χ3v) is 4.50. The molecule has 2 aromatic heterocycles. The molecule has 0 bridgehead atoms. The van der Waals surface area contributed by atoms with Crippen LogP contribution in [0, 0.1) is 0 Å². The first kappa shape index (κ1) is 14.0. The van der Waals surface area contributed by atoms with Crippen molar-refractivity contribution in [3.8, 4) is 11.3 Å². The zero-order valence-corrected chi connectivity index (χ0v) is 13.1. The average molecular weight is 318 g/mol. The highest BCUT2D eigenvalue weighted by Gasteiger charge is 2.09. The summed E-state index contributed by atoms with van der Waals surface area (Å²) in [5, 5.41) is 13.9. The molecule has 4 aromatic rings. The van der Waals surface area contributed by atoms with Crippen molar-refractivity contribution in [1.29, 1.82) is 0 Å². The molecular weight excluding hydrogens is 304 g/mol. The molecule has 23 heavy (non-hydrogen) atoms. The number of rotatable bonds is 4. The lowest BCUT2D eigenvalue weighted by Gasteiger charge is -2.03. The Balaban J connectivity index is 1.65. The van der Waals surface area contributed by atoms with Crippen LogP contribution in [-0.2, 0) is 5.75 Å². The normalized spacial score (nSPS) is 11.0. The predicted octanol–water partition coefficient (Wildman–Crippen LogP) is 4.08. The second kappa shape index (κ2) is 6.22. The second-order valence-corrected chi connectivity index (χ2v) is 6.05. The van der Waals surface area contributed by atoms with Gasteiger partial charge in [0, 0.05) is 11.3 Å². The summed E-state index contributed by atoms with van der Waals surface area (Å²) in [5.41, 5.74) is 4.02. The van der Waals surface area contributed by atoms with Crippen LogP contribution < -0.4 is 0 Å². The van der Waals surface area contributed by atoms with E-state index in [1.54, 1.807) is 11.8 Å². The molecule has 0 N–H and O–H groups in total. The molecule has 0 aliphatic heterocycles. The summed E-state index contributed by atoms with van der Waals surface area (Å²) >= 11 is 1.64. The summed E-state index contributed by atoms with van der Waals surface area (Å²) in [6.07, 6.45) is 0. The van der Waals surface area contributed by atoms with Gasteiger partial charge >= 0.3 is 0 Å². The molecule has 2 heterocycles. The van der Waals surface area contributed by atoms with E-state index in [0.717, 1.165) is 27.8 Å². The van der Waals surface area contributed by atoms with Gasteiger partial charge in [-0.15, -0.1) is 10.2 Å². The summed E-state index contributed by atoms with van der Waals surface area (Å²) in [4.78, 5) is 0. The SMILES string of the molecule is c1ccc(CSc2nnc3ccc(-c4ccccc4)nn23)cc1. The van der Waals surface area contributed by atoms with Gasteiger partial charge in [0.15, 0.2) is 5.65 Å². The van der Waals surface area contributed by atoms with Crippen LogP contribution in [0.3, 0.4) is 0 Å². The fourth-order valence-corrected chi connectivity index (χ4v) is 3.19. The van der Waals surface area contributed by atoms with Crippen LogP contribution in [0.25, 0.3) is 16.9 Å². The smallest absolute Gasteiger partial charge is 0.187 e.